The predicted molar refractivity (Wildman–Crippen MR) is 89.4 cm³/mol. The number of halogens is 1. The number of carbonyl (C=O) groups excluding carboxylic acids is 1. The Hall–Kier alpha value is -1.20. The lowest BCUT2D eigenvalue weighted by molar-refractivity contribution is -0.122. The number of benzene rings is 1. The van der Waals surface area contributed by atoms with E-state index >= 15 is 0 Å². The quantitative estimate of drug-likeness (QED) is 0.668. The fraction of sp³-hybridized carbons (Fsp3) is 0.500. The fourth-order valence-corrected chi connectivity index (χ4v) is 2.85. The molecule has 1 amide bonds. The van der Waals surface area contributed by atoms with Crippen molar-refractivity contribution < 1.29 is 4.79 Å². The van der Waals surface area contributed by atoms with Gasteiger partial charge in [0.15, 0.2) is 0 Å². The average molecular weight is 352 g/mol. The van der Waals surface area contributed by atoms with E-state index in [1.165, 1.54) is 32.1 Å². The number of nitrogens with one attached hydrogen (secondary N) is 1. The molecule has 5 heteroatoms. The Balaban J connectivity index is 1.77. The van der Waals surface area contributed by atoms with Gasteiger partial charge in [0.05, 0.1) is 12.8 Å². The van der Waals surface area contributed by atoms with Crippen LogP contribution in [-0.2, 0) is 4.79 Å². The lowest BCUT2D eigenvalue weighted by Gasteiger charge is -2.23. The van der Waals surface area contributed by atoms with Crippen LogP contribution >= 0.6 is 15.9 Å². The van der Waals surface area contributed by atoms with Crippen molar-refractivity contribution in [3.8, 4) is 0 Å². The number of hydrogen-bond acceptors (Lipinski definition) is 3. The normalized spacial score (nSPS) is 17.4. The Morgan fingerprint density at radius 3 is 2.57 bits per heavy atom. The summed E-state index contributed by atoms with van der Waals surface area (Å²) in [5.41, 5.74) is 3.56. The summed E-state index contributed by atoms with van der Waals surface area (Å²) in [5.74, 6) is -0.0427. The van der Waals surface area contributed by atoms with Crippen LogP contribution in [0.25, 0.3) is 0 Å². The summed E-state index contributed by atoms with van der Waals surface area (Å²) in [7, 11) is 0. The second-order valence-electron chi connectivity index (χ2n) is 5.36. The second kappa shape index (κ2) is 8.95. The van der Waals surface area contributed by atoms with Crippen LogP contribution in [-0.4, -0.2) is 36.7 Å². The second-order valence-corrected chi connectivity index (χ2v) is 6.21. The highest BCUT2D eigenvalue weighted by molar-refractivity contribution is 9.10. The Kier molecular flexibility index (Phi) is 6.89. The molecule has 1 aliphatic heterocycles. The summed E-state index contributed by atoms with van der Waals surface area (Å²) in [6.45, 7) is 2.47. The van der Waals surface area contributed by atoms with E-state index in [1.807, 2.05) is 24.3 Å². The number of nitrogens with zero attached hydrogens (tertiary/aromatic N) is 2. The number of carbonyl (C=O) groups is 1. The third-order valence-electron chi connectivity index (χ3n) is 3.61. The summed E-state index contributed by atoms with van der Waals surface area (Å²) < 4.78 is 0.965. The van der Waals surface area contributed by atoms with Gasteiger partial charge in [-0.15, -0.1) is 0 Å². The Morgan fingerprint density at radius 2 is 1.86 bits per heavy atom. The molecule has 4 nitrogen and oxygen atoms in total. The van der Waals surface area contributed by atoms with Crippen LogP contribution in [0, 0.1) is 0 Å². The molecule has 0 aliphatic carbocycles. The van der Waals surface area contributed by atoms with Crippen molar-refractivity contribution in [3.63, 3.8) is 0 Å². The Labute approximate surface area is 134 Å². The molecule has 1 aromatic carbocycles. The molecule has 0 aromatic heterocycles. The van der Waals surface area contributed by atoms with Crippen LogP contribution in [0.15, 0.2) is 33.8 Å². The maximum atomic E-state index is 11.9. The fourth-order valence-electron chi connectivity index (χ4n) is 2.46. The lowest BCUT2D eigenvalue weighted by Crippen LogP contribution is -2.37. The van der Waals surface area contributed by atoms with Crippen LogP contribution in [0.4, 0.5) is 0 Å². The Bertz CT molecular complexity index is 482. The first-order chi connectivity index (χ1) is 10.3. The molecule has 0 radical (unpaired) electrons. The molecular formula is C16H22BrN3O. The van der Waals surface area contributed by atoms with Gasteiger partial charge in [0.25, 0.3) is 5.91 Å². The molecule has 2 rings (SSSR count). The SMILES string of the molecule is O=C(CN1CCCCCCC1)N/N=C/c1ccccc1Br. The molecule has 0 atom stereocenters. The smallest absolute Gasteiger partial charge is 0.254 e. The molecule has 1 fully saturated rings. The van der Waals surface area contributed by atoms with Crippen molar-refractivity contribution in [2.24, 2.45) is 5.10 Å². The number of hydrogen-bond donors (Lipinski definition) is 1. The van der Waals surface area contributed by atoms with Crippen molar-refractivity contribution in [3.05, 3.63) is 34.3 Å². The molecule has 114 valence electrons. The molecule has 0 spiro atoms. The van der Waals surface area contributed by atoms with Gasteiger partial charge in [-0.3, -0.25) is 9.69 Å². The van der Waals surface area contributed by atoms with Gasteiger partial charge in [-0.2, -0.15) is 5.10 Å². The van der Waals surface area contributed by atoms with E-state index in [-0.39, 0.29) is 5.91 Å². The van der Waals surface area contributed by atoms with Crippen LogP contribution in [0.3, 0.4) is 0 Å². The van der Waals surface area contributed by atoms with E-state index in [0.29, 0.717) is 6.54 Å². The highest BCUT2D eigenvalue weighted by Crippen LogP contribution is 2.13. The molecule has 0 unspecified atom stereocenters. The van der Waals surface area contributed by atoms with Crippen LogP contribution in [0.1, 0.15) is 37.7 Å². The molecule has 0 saturated carbocycles. The standard InChI is InChI=1S/C16H22BrN3O/c17-15-9-5-4-8-14(15)12-18-19-16(21)13-20-10-6-2-1-3-7-11-20/h4-5,8-9,12H,1-3,6-7,10-11,13H2,(H,19,21)/b18-12+. The van der Waals surface area contributed by atoms with Gasteiger partial charge in [0.2, 0.25) is 0 Å². The summed E-state index contributed by atoms with van der Waals surface area (Å²) >= 11 is 3.45. The van der Waals surface area contributed by atoms with Crippen molar-refractivity contribution in [2.45, 2.75) is 32.1 Å². The van der Waals surface area contributed by atoms with E-state index in [4.69, 9.17) is 0 Å². The minimum absolute atomic E-state index is 0.0427. The molecule has 0 bridgehead atoms. The first-order valence-electron chi connectivity index (χ1n) is 7.54. The van der Waals surface area contributed by atoms with E-state index < -0.39 is 0 Å². The van der Waals surface area contributed by atoms with Gasteiger partial charge in [0.1, 0.15) is 0 Å². The number of amides is 1. The van der Waals surface area contributed by atoms with Gasteiger partial charge < -0.3 is 0 Å². The third-order valence-corrected chi connectivity index (χ3v) is 4.34. The monoisotopic (exact) mass is 351 g/mol. The van der Waals surface area contributed by atoms with E-state index in [0.717, 1.165) is 23.1 Å². The van der Waals surface area contributed by atoms with Gasteiger partial charge in [0, 0.05) is 10.0 Å². The zero-order valence-electron chi connectivity index (χ0n) is 12.2. The van der Waals surface area contributed by atoms with Crippen molar-refractivity contribution in [1.82, 2.24) is 10.3 Å². The number of hydrazone groups is 1. The highest BCUT2D eigenvalue weighted by atomic mass is 79.9. The maximum absolute atomic E-state index is 11.9. The van der Waals surface area contributed by atoms with Crippen molar-refractivity contribution in [2.75, 3.05) is 19.6 Å². The minimum Gasteiger partial charge on any atom is -0.294 e. The summed E-state index contributed by atoms with van der Waals surface area (Å²) in [5, 5.41) is 4.03. The van der Waals surface area contributed by atoms with Gasteiger partial charge >= 0.3 is 0 Å². The highest BCUT2D eigenvalue weighted by Gasteiger charge is 2.11. The van der Waals surface area contributed by atoms with E-state index in [2.05, 4.69) is 31.4 Å². The van der Waals surface area contributed by atoms with Crippen molar-refractivity contribution >= 4 is 28.1 Å². The van der Waals surface area contributed by atoms with Crippen LogP contribution in [0.2, 0.25) is 0 Å². The zero-order valence-corrected chi connectivity index (χ0v) is 13.8. The van der Waals surface area contributed by atoms with Crippen LogP contribution < -0.4 is 5.43 Å². The average Bonchev–Trinajstić information content (AvgIpc) is 2.44. The van der Waals surface area contributed by atoms with Gasteiger partial charge in [-0.25, -0.2) is 5.43 Å². The summed E-state index contributed by atoms with van der Waals surface area (Å²) in [6, 6.07) is 7.78. The first-order valence-corrected chi connectivity index (χ1v) is 8.34. The lowest BCUT2D eigenvalue weighted by atomic mass is 10.1. The number of likely N-dealkylation sites (tertiary alicyclic amines) is 1. The minimum atomic E-state index is -0.0427. The predicted octanol–water partition coefficient (Wildman–Crippen LogP) is 3.17. The molecule has 1 heterocycles. The Morgan fingerprint density at radius 1 is 1.19 bits per heavy atom. The largest absolute Gasteiger partial charge is 0.294 e. The molecule has 21 heavy (non-hydrogen) atoms. The molecule has 1 saturated heterocycles. The van der Waals surface area contributed by atoms with Crippen molar-refractivity contribution in [1.29, 1.82) is 0 Å². The molecule has 1 aromatic rings. The van der Waals surface area contributed by atoms with E-state index in [1.54, 1.807) is 6.21 Å². The maximum Gasteiger partial charge on any atom is 0.254 e. The molecule has 1 N–H and O–H groups in total. The van der Waals surface area contributed by atoms with Crippen LogP contribution in [0.5, 0.6) is 0 Å². The number of rotatable bonds is 4. The molecule has 1 aliphatic rings. The van der Waals surface area contributed by atoms with Gasteiger partial charge in [-0.05, 0) is 32.0 Å². The topological polar surface area (TPSA) is 44.7 Å². The zero-order chi connectivity index (χ0) is 14.9. The third kappa shape index (κ3) is 5.98. The van der Waals surface area contributed by atoms with Gasteiger partial charge in [-0.1, -0.05) is 53.4 Å². The summed E-state index contributed by atoms with van der Waals surface area (Å²) in [6.07, 6.45) is 7.92. The first kappa shape index (κ1) is 16.2. The summed E-state index contributed by atoms with van der Waals surface area (Å²) in [4.78, 5) is 14.1. The molecular weight excluding hydrogens is 330 g/mol. The van der Waals surface area contributed by atoms with E-state index in [9.17, 15) is 4.79 Å².